The molecule has 4 heteroatoms. The SMILES string of the molecule is O=C(CCN1CCSC1)c1ccc(F)cc1. The number of carbonyl (C=O) groups excluding carboxylic acids is 1. The quantitative estimate of drug-likeness (QED) is 0.753. The summed E-state index contributed by atoms with van der Waals surface area (Å²) in [5.41, 5.74) is 0.605. The van der Waals surface area contributed by atoms with Gasteiger partial charge in [0.25, 0.3) is 0 Å². The molecule has 0 saturated carbocycles. The zero-order chi connectivity index (χ0) is 11.4. The number of hydrogen-bond donors (Lipinski definition) is 0. The van der Waals surface area contributed by atoms with E-state index in [1.807, 2.05) is 11.8 Å². The summed E-state index contributed by atoms with van der Waals surface area (Å²) in [6.07, 6.45) is 0.520. The van der Waals surface area contributed by atoms with Crippen LogP contribution in [0, 0.1) is 5.82 Å². The van der Waals surface area contributed by atoms with Crippen LogP contribution in [0.3, 0.4) is 0 Å². The second-order valence-electron chi connectivity index (χ2n) is 3.84. The van der Waals surface area contributed by atoms with Crippen LogP contribution in [-0.2, 0) is 0 Å². The highest BCUT2D eigenvalue weighted by Gasteiger charge is 2.13. The normalized spacial score (nSPS) is 16.6. The van der Waals surface area contributed by atoms with Crippen LogP contribution in [0.1, 0.15) is 16.8 Å². The molecule has 1 aromatic carbocycles. The van der Waals surface area contributed by atoms with Crippen LogP contribution in [0.15, 0.2) is 24.3 Å². The maximum atomic E-state index is 12.7. The van der Waals surface area contributed by atoms with Gasteiger partial charge in [0.05, 0.1) is 0 Å². The van der Waals surface area contributed by atoms with Crippen LogP contribution in [0.5, 0.6) is 0 Å². The third kappa shape index (κ3) is 3.06. The molecule has 16 heavy (non-hydrogen) atoms. The molecule has 0 aliphatic carbocycles. The lowest BCUT2D eigenvalue weighted by atomic mass is 10.1. The van der Waals surface area contributed by atoms with Gasteiger partial charge < -0.3 is 0 Å². The molecular weight excluding hydrogens is 225 g/mol. The van der Waals surface area contributed by atoms with E-state index in [0.29, 0.717) is 12.0 Å². The average molecular weight is 239 g/mol. The fourth-order valence-corrected chi connectivity index (χ4v) is 2.70. The van der Waals surface area contributed by atoms with Crippen LogP contribution in [0.4, 0.5) is 4.39 Å². The minimum absolute atomic E-state index is 0.0944. The number of hydrogen-bond acceptors (Lipinski definition) is 3. The lowest BCUT2D eigenvalue weighted by molar-refractivity contribution is 0.0970. The maximum absolute atomic E-state index is 12.7. The highest BCUT2D eigenvalue weighted by molar-refractivity contribution is 7.99. The number of thioether (sulfide) groups is 1. The number of ketones is 1. The molecule has 0 radical (unpaired) electrons. The van der Waals surface area contributed by atoms with Crippen molar-refractivity contribution in [3.8, 4) is 0 Å². The molecule has 1 aromatic rings. The van der Waals surface area contributed by atoms with Crippen molar-refractivity contribution in [2.24, 2.45) is 0 Å². The van der Waals surface area contributed by atoms with E-state index in [4.69, 9.17) is 0 Å². The molecule has 1 saturated heterocycles. The van der Waals surface area contributed by atoms with E-state index < -0.39 is 0 Å². The van der Waals surface area contributed by atoms with Gasteiger partial charge in [-0.05, 0) is 24.3 Å². The van der Waals surface area contributed by atoms with Crippen molar-refractivity contribution in [1.29, 1.82) is 0 Å². The summed E-state index contributed by atoms with van der Waals surface area (Å²) in [5, 5.41) is 0. The lowest BCUT2D eigenvalue weighted by Gasteiger charge is -2.12. The Balaban J connectivity index is 1.85. The Labute approximate surface area is 98.8 Å². The number of carbonyl (C=O) groups is 1. The molecule has 0 N–H and O–H groups in total. The third-order valence-electron chi connectivity index (χ3n) is 2.65. The van der Waals surface area contributed by atoms with Gasteiger partial charge in [0, 0.05) is 36.7 Å². The molecule has 0 aromatic heterocycles. The highest BCUT2D eigenvalue weighted by atomic mass is 32.2. The van der Waals surface area contributed by atoms with Crippen molar-refractivity contribution in [3.05, 3.63) is 35.6 Å². The molecule has 0 amide bonds. The smallest absolute Gasteiger partial charge is 0.164 e. The number of Topliss-reactive ketones (excluding diaryl/α,β-unsaturated/α-hetero) is 1. The molecular formula is C12H14FNOS. The van der Waals surface area contributed by atoms with Crippen molar-refractivity contribution in [2.75, 3.05) is 24.7 Å². The lowest BCUT2D eigenvalue weighted by Crippen LogP contribution is -2.22. The van der Waals surface area contributed by atoms with E-state index in [-0.39, 0.29) is 11.6 Å². The summed E-state index contributed by atoms with van der Waals surface area (Å²) < 4.78 is 12.7. The largest absolute Gasteiger partial charge is 0.294 e. The molecule has 86 valence electrons. The van der Waals surface area contributed by atoms with Crippen LogP contribution in [0.25, 0.3) is 0 Å². The first kappa shape index (κ1) is 11.6. The van der Waals surface area contributed by atoms with E-state index in [9.17, 15) is 9.18 Å². The number of rotatable bonds is 4. The van der Waals surface area contributed by atoms with E-state index in [2.05, 4.69) is 4.90 Å². The summed E-state index contributed by atoms with van der Waals surface area (Å²) in [6.45, 7) is 1.88. The number of halogens is 1. The van der Waals surface area contributed by atoms with Gasteiger partial charge in [-0.25, -0.2) is 4.39 Å². The Morgan fingerprint density at radius 3 is 2.75 bits per heavy atom. The Morgan fingerprint density at radius 1 is 1.38 bits per heavy atom. The predicted octanol–water partition coefficient (Wildman–Crippen LogP) is 2.40. The Bertz CT molecular complexity index is 360. The van der Waals surface area contributed by atoms with E-state index in [1.54, 1.807) is 12.1 Å². The zero-order valence-electron chi connectivity index (χ0n) is 8.99. The van der Waals surface area contributed by atoms with E-state index >= 15 is 0 Å². The first-order chi connectivity index (χ1) is 7.75. The molecule has 2 rings (SSSR count). The minimum Gasteiger partial charge on any atom is -0.294 e. The summed E-state index contributed by atoms with van der Waals surface area (Å²) in [5.74, 6) is 1.98. The molecule has 0 bridgehead atoms. The molecule has 1 heterocycles. The topological polar surface area (TPSA) is 20.3 Å². The predicted molar refractivity (Wildman–Crippen MR) is 64.2 cm³/mol. The molecule has 1 fully saturated rings. The fraction of sp³-hybridized carbons (Fsp3) is 0.417. The van der Waals surface area contributed by atoms with Crippen LogP contribution >= 0.6 is 11.8 Å². The Hall–Kier alpha value is -0.870. The highest BCUT2D eigenvalue weighted by Crippen LogP contribution is 2.14. The molecule has 1 aliphatic rings. The van der Waals surface area contributed by atoms with Crippen LogP contribution in [-0.4, -0.2) is 35.4 Å². The first-order valence-electron chi connectivity index (χ1n) is 5.34. The van der Waals surface area contributed by atoms with Gasteiger partial charge in [0.1, 0.15) is 5.82 Å². The summed E-state index contributed by atoms with van der Waals surface area (Å²) >= 11 is 1.90. The van der Waals surface area contributed by atoms with Crippen molar-refractivity contribution < 1.29 is 9.18 Å². The van der Waals surface area contributed by atoms with Crippen molar-refractivity contribution in [1.82, 2.24) is 4.90 Å². The Kier molecular flexibility index (Phi) is 3.96. The number of benzene rings is 1. The molecule has 0 unspecified atom stereocenters. The summed E-state index contributed by atoms with van der Waals surface area (Å²) in [7, 11) is 0. The van der Waals surface area contributed by atoms with Gasteiger partial charge in [0.2, 0.25) is 0 Å². The van der Waals surface area contributed by atoms with Crippen molar-refractivity contribution in [3.63, 3.8) is 0 Å². The maximum Gasteiger partial charge on any atom is 0.164 e. The van der Waals surface area contributed by atoms with Crippen LogP contribution in [0.2, 0.25) is 0 Å². The van der Waals surface area contributed by atoms with Gasteiger partial charge >= 0.3 is 0 Å². The first-order valence-corrected chi connectivity index (χ1v) is 6.50. The van der Waals surface area contributed by atoms with Crippen LogP contribution < -0.4 is 0 Å². The molecule has 0 spiro atoms. The third-order valence-corrected chi connectivity index (χ3v) is 3.67. The van der Waals surface area contributed by atoms with E-state index in [1.165, 1.54) is 12.1 Å². The monoisotopic (exact) mass is 239 g/mol. The Morgan fingerprint density at radius 2 is 2.12 bits per heavy atom. The van der Waals surface area contributed by atoms with Gasteiger partial charge in [-0.2, -0.15) is 0 Å². The standard InChI is InChI=1S/C12H14FNOS/c13-11-3-1-10(2-4-11)12(15)5-6-14-7-8-16-9-14/h1-4H,5-9H2. The minimum atomic E-state index is -0.299. The molecule has 0 atom stereocenters. The van der Waals surface area contributed by atoms with Gasteiger partial charge in [-0.1, -0.05) is 0 Å². The van der Waals surface area contributed by atoms with Gasteiger partial charge in [0.15, 0.2) is 5.78 Å². The zero-order valence-corrected chi connectivity index (χ0v) is 9.80. The number of nitrogens with zero attached hydrogens (tertiary/aromatic N) is 1. The van der Waals surface area contributed by atoms with Gasteiger partial charge in [-0.3, -0.25) is 9.69 Å². The fourth-order valence-electron chi connectivity index (χ4n) is 1.67. The van der Waals surface area contributed by atoms with E-state index in [0.717, 1.165) is 24.7 Å². The second-order valence-corrected chi connectivity index (χ2v) is 4.91. The average Bonchev–Trinajstić information content (AvgIpc) is 2.80. The second kappa shape index (κ2) is 5.46. The van der Waals surface area contributed by atoms with Crippen molar-refractivity contribution >= 4 is 17.5 Å². The molecule has 2 nitrogen and oxygen atoms in total. The van der Waals surface area contributed by atoms with Gasteiger partial charge in [-0.15, -0.1) is 11.8 Å². The summed E-state index contributed by atoms with van der Waals surface area (Å²) in [6, 6.07) is 5.77. The van der Waals surface area contributed by atoms with Crippen molar-refractivity contribution in [2.45, 2.75) is 6.42 Å². The summed E-state index contributed by atoms with van der Waals surface area (Å²) in [4.78, 5) is 14.0. The molecule has 1 aliphatic heterocycles.